The molecule has 0 aliphatic heterocycles. The average Bonchev–Trinajstić information content (AvgIpc) is 2.77. The summed E-state index contributed by atoms with van der Waals surface area (Å²) in [6.07, 6.45) is 0. The van der Waals surface area contributed by atoms with Crippen LogP contribution in [0.3, 0.4) is 0 Å². The van der Waals surface area contributed by atoms with Crippen molar-refractivity contribution in [3.63, 3.8) is 0 Å². The molecule has 0 saturated carbocycles. The Labute approximate surface area is 108 Å². The minimum Gasteiger partial charge on any atom is -0.310 e. The van der Waals surface area contributed by atoms with Crippen LogP contribution in [0.1, 0.15) is 18.3 Å². The maximum atomic E-state index is 4.03. The number of aromatic nitrogens is 4. The number of tetrazole rings is 1. The van der Waals surface area contributed by atoms with Gasteiger partial charge in [-0.3, -0.25) is 0 Å². The summed E-state index contributed by atoms with van der Waals surface area (Å²) < 4.78 is 2.73. The molecular formula is C11H14BrN5. The minimum absolute atomic E-state index is 0.657. The van der Waals surface area contributed by atoms with E-state index in [1.165, 1.54) is 5.56 Å². The second kappa shape index (κ2) is 5.37. The van der Waals surface area contributed by atoms with Crippen LogP contribution in [-0.4, -0.2) is 26.8 Å². The molecule has 0 aliphatic rings. The summed E-state index contributed by atoms with van der Waals surface area (Å²) in [6.45, 7) is 5.65. The number of nitrogens with zero attached hydrogens (tertiary/aromatic N) is 4. The third-order valence-corrected chi connectivity index (χ3v) is 3.07. The van der Waals surface area contributed by atoms with Crippen LogP contribution in [0.25, 0.3) is 5.69 Å². The second-order valence-electron chi connectivity index (χ2n) is 3.74. The molecule has 0 saturated heterocycles. The van der Waals surface area contributed by atoms with Crippen LogP contribution in [0.15, 0.2) is 22.7 Å². The molecule has 90 valence electrons. The molecular weight excluding hydrogens is 282 g/mol. The minimum atomic E-state index is 0.657. The zero-order valence-electron chi connectivity index (χ0n) is 9.81. The molecule has 1 aromatic carbocycles. The van der Waals surface area contributed by atoms with E-state index < -0.39 is 0 Å². The molecule has 1 heterocycles. The summed E-state index contributed by atoms with van der Waals surface area (Å²) in [5.41, 5.74) is 2.14. The van der Waals surface area contributed by atoms with E-state index in [-0.39, 0.29) is 0 Å². The van der Waals surface area contributed by atoms with Gasteiger partial charge in [-0.2, -0.15) is 4.68 Å². The van der Waals surface area contributed by atoms with E-state index in [1.807, 2.05) is 19.1 Å². The van der Waals surface area contributed by atoms with Crippen molar-refractivity contribution in [3.05, 3.63) is 34.1 Å². The molecule has 5 nitrogen and oxygen atoms in total. The molecule has 0 fully saturated rings. The number of halogens is 1. The highest BCUT2D eigenvalue weighted by atomic mass is 79.9. The monoisotopic (exact) mass is 295 g/mol. The highest BCUT2D eigenvalue weighted by Gasteiger charge is 2.10. The Kier molecular flexibility index (Phi) is 3.86. The molecule has 0 unspecified atom stereocenters. The Morgan fingerprint density at radius 2 is 2.24 bits per heavy atom. The fraction of sp³-hybridized carbons (Fsp3) is 0.364. The zero-order valence-corrected chi connectivity index (χ0v) is 11.4. The van der Waals surface area contributed by atoms with Crippen molar-refractivity contribution in [2.75, 3.05) is 6.54 Å². The molecule has 2 rings (SSSR count). The van der Waals surface area contributed by atoms with Gasteiger partial charge >= 0.3 is 0 Å². The molecule has 0 aliphatic carbocycles. The van der Waals surface area contributed by atoms with Gasteiger partial charge in [0, 0.05) is 4.47 Å². The summed E-state index contributed by atoms with van der Waals surface area (Å²) in [4.78, 5) is 0. The highest BCUT2D eigenvalue weighted by Crippen LogP contribution is 2.22. The molecule has 0 radical (unpaired) electrons. The van der Waals surface area contributed by atoms with Crippen molar-refractivity contribution in [1.82, 2.24) is 25.5 Å². The van der Waals surface area contributed by atoms with Crippen molar-refractivity contribution < 1.29 is 0 Å². The first-order chi connectivity index (χ1) is 8.22. The fourth-order valence-electron chi connectivity index (χ4n) is 1.52. The van der Waals surface area contributed by atoms with Crippen LogP contribution in [0.5, 0.6) is 0 Å². The van der Waals surface area contributed by atoms with E-state index in [0.29, 0.717) is 6.54 Å². The number of nitrogens with one attached hydrogen (secondary N) is 1. The van der Waals surface area contributed by atoms with Gasteiger partial charge in [0.15, 0.2) is 5.82 Å². The first kappa shape index (κ1) is 12.2. The Bertz CT molecular complexity index is 508. The molecule has 2 aromatic rings. The first-order valence-electron chi connectivity index (χ1n) is 5.47. The first-order valence-corrected chi connectivity index (χ1v) is 6.26. The Morgan fingerprint density at radius 1 is 1.41 bits per heavy atom. The van der Waals surface area contributed by atoms with E-state index >= 15 is 0 Å². The summed E-state index contributed by atoms with van der Waals surface area (Å²) in [5, 5.41) is 15.0. The lowest BCUT2D eigenvalue weighted by Crippen LogP contribution is -2.16. The van der Waals surface area contributed by atoms with Gasteiger partial charge in [0.05, 0.1) is 12.2 Å². The normalized spacial score (nSPS) is 10.8. The predicted octanol–water partition coefficient (Wildman–Crippen LogP) is 1.84. The number of aryl methyl sites for hydroxylation is 1. The van der Waals surface area contributed by atoms with E-state index in [0.717, 1.165) is 22.5 Å². The average molecular weight is 296 g/mol. The maximum Gasteiger partial charge on any atom is 0.170 e. The van der Waals surface area contributed by atoms with Crippen LogP contribution >= 0.6 is 15.9 Å². The van der Waals surface area contributed by atoms with Crippen molar-refractivity contribution >= 4 is 15.9 Å². The van der Waals surface area contributed by atoms with Crippen LogP contribution in [-0.2, 0) is 6.54 Å². The third kappa shape index (κ3) is 2.70. The van der Waals surface area contributed by atoms with Crippen LogP contribution < -0.4 is 5.32 Å². The van der Waals surface area contributed by atoms with Crippen LogP contribution in [0.4, 0.5) is 0 Å². The van der Waals surface area contributed by atoms with Gasteiger partial charge < -0.3 is 5.32 Å². The molecule has 0 amide bonds. The van der Waals surface area contributed by atoms with E-state index in [2.05, 4.69) is 49.8 Å². The van der Waals surface area contributed by atoms with Crippen molar-refractivity contribution in [1.29, 1.82) is 0 Å². The lowest BCUT2D eigenvalue weighted by atomic mass is 10.2. The van der Waals surface area contributed by atoms with E-state index in [9.17, 15) is 0 Å². The van der Waals surface area contributed by atoms with Crippen molar-refractivity contribution in [2.45, 2.75) is 20.4 Å². The third-order valence-electron chi connectivity index (χ3n) is 2.40. The smallest absolute Gasteiger partial charge is 0.170 e. The quantitative estimate of drug-likeness (QED) is 0.935. The fourth-order valence-corrected chi connectivity index (χ4v) is 1.94. The Morgan fingerprint density at radius 3 is 3.00 bits per heavy atom. The summed E-state index contributed by atoms with van der Waals surface area (Å²) in [7, 11) is 0. The predicted molar refractivity (Wildman–Crippen MR) is 69.0 cm³/mol. The van der Waals surface area contributed by atoms with Gasteiger partial charge in [0.25, 0.3) is 0 Å². The Balaban J connectivity index is 2.38. The Hall–Kier alpha value is -1.27. The summed E-state index contributed by atoms with van der Waals surface area (Å²) in [5.74, 6) is 0.804. The van der Waals surface area contributed by atoms with Gasteiger partial charge in [-0.25, -0.2) is 0 Å². The van der Waals surface area contributed by atoms with Crippen LogP contribution in [0, 0.1) is 6.92 Å². The number of rotatable bonds is 4. The SMILES string of the molecule is CCNCc1nnnn1-c1cc(C)ccc1Br. The molecule has 17 heavy (non-hydrogen) atoms. The van der Waals surface area contributed by atoms with Gasteiger partial charge in [-0.1, -0.05) is 13.0 Å². The summed E-state index contributed by atoms with van der Waals surface area (Å²) >= 11 is 3.52. The number of benzene rings is 1. The van der Waals surface area contributed by atoms with Gasteiger partial charge in [-0.15, -0.1) is 5.10 Å². The molecule has 1 aromatic heterocycles. The topological polar surface area (TPSA) is 55.6 Å². The van der Waals surface area contributed by atoms with Crippen LogP contribution in [0.2, 0.25) is 0 Å². The van der Waals surface area contributed by atoms with Crippen molar-refractivity contribution in [2.24, 2.45) is 0 Å². The van der Waals surface area contributed by atoms with E-state index in [1.54, 1.807) is 4.68 Å². The molecule has 0 spiro atoms. The molecule has 0 atom stereocenters. The molecule has 1 N–H and O–H groups in total. The largest absolute Gasteiger partial charge is 0.310 e. The van der Waals surface area contributed by atoms with Crippen molar-refractivity contribution in [3.8, 4) is 5.69 Å². The zero-order chi connectivity index (χ0) is 12.3. The lowest BCUT2D eigenvalue weighted by molar-refractivity contribution is 0.663. The molecule has 6 heteroatoms. The lowest BCUT2D eigenvalue weighted by Gasteiger charge is -2.07. The number of hydrogen-bond acceptors (Lipinski definition) is 4. The number of hydrogen-bond donors (Lipinski definition) is 1. The van der Waals surface area contributed by atoms with Gasteiger partial charge in [0.1, 0.15) is 0 Å². The standard InChI is InChI=1S/C11H14BrN5/c1-3-13-7-11-14-15-16-17(11)10-6-8(2)4-5-9(10)12/h4-6,13H,3,7H2,1-2H3. The van der Waals surface area contributed by atoms with E-state index in [4.69, 9.17) is 0 Å². The maximum absolute atomic E-state index is 4.03. The second-order valence-corrected chi connectivity index (χ2v) is 4.60. The van der Waals surface area contributed by atoms with Gasteiger partial charge in [0.2, 0.25) is 0 Å². The molecule has 0 bridgehead atoms. The van der Waals surface area contributed by atoms with Gasteiger partial charge in [-0.05, 0) is 57.5 Å². The summed E-state index contributed by atoms with van der Waals surface area (Å²) in [6, 6.07) is 6.10. The highest BCUT2D eigenvalue weighted by molar-refractivity contribution is 9.10.